The van der Waals surface area contributed by atoms with Gasteiger partial charge in [0.1, 0.15) is 0 Å². The van der Waals surface area contributed by atoms with Crippen LogP contribution in [0.1, 0.15) is 26.2 Å². The highest BCUT2D eigenvalue weighted by molar-refractivity contribution is 7.81. The highest BCUT2D eigenvalue weighted by atomic mass is 32.2. The van der Waals surface area contributed by atoms with E-state index in [4.69, 9.17) is 4.55 Å². The van der Waals surface area contributed by atoms with Crippen molar-refractivity contribution >= 4 is 11.1 Å². The van der Waals surface area contributed by atoms with Gasteiger partial charge in [-0.05, 0) is 24.7 Å². The summed E-state index contributed by atoms with van der Waals surface area (Å²) in [6, 6.07) is 0. The van der Waals surface area contributed by atoms with E-state index in [0.717, 1.165) is 19.3 Å². The molecule has 2 bridgehead atoms. The normalized spacial score (nSPS) is 57.6. The van der Waals surface area contributed by atoms with Crippen LogP contribution < -0.4 is 0 Å². The van der Waals surface area contributed by atoms with Gasteiger partial charge in [-0.1, -0.05) is 6.92 Å². The summed E-state index contributed by atoms with van der Waals surface area (Å²) in [7, 11) is 0. The van der Waals surface area contributed by atoms with Crippen LogP contribution in [0.15, 0.2) is 0 Å². The van der Waals surface area contributed by atoms with E-state index in [9.17, 15) is 4.21 Å². The molecular formula is C6H10O2S. The Kier molecular flexibility index (Phi) is 0.814. The Morgan fingerprint density at radius 1 is 1.44 bits per heavy atom. The average Bonchev–Trinajstić information content (AvgIpc) is 1.54. The minimum absolute atomic E-state index is 0.144. The average molecular weight is 146 g/mol. The van der Waals surface area contributed by atoms with Gasteiger partial charge in [0.15, 0.2) is 11.1 Å². The standard InChI is InChI=1S/C6H10O2S/c1-5-2-6(3-5,4-5)9(7)8/h2-4H2,1H3,(H,7,8). The van der Waals surface area contributed by atoms with Gasteiger partial charge in [-0.2, -0.15) is 0 Å². The van der Waals surface area contributed by atoms with Crippen LogP contribution >= 0.6 is 0 Å². The molecule has 3 saturated carbocycles. The molecule has 3 rings (SSSR count). The Morgan fingerprint density at radius 3 is 2.00 bits per heavy atom. The smallest absolute Gasteiger partial charge is 0.159 e. The molecule has 3 fully saturated rings. The topological polar surface area (TPSA) is 37.3 Å². The molecule has 2 nitrogen and oxygen atoms in total. The van der Waals surface area contributed by atoms with Crippen LogP contribution in [0.4, 0.5) is 0 Å². The minimum Gasteiger partial charge on any atom is -0.306 e. The molecule has 9 heavy (non-hydrogen) atoms. The molecular weight excluding hydrogens is 136 g/mol. The van der Waals surface area contributed by atoms with Crippen LogP contribution in [0.25, 0.3) is 0 Å². The maximum atomic E-state index is 10.6. The maximum absolute atomic E-state index is 10.6. The summed E-state index contributed by atoms with van der Waals surface area (Å²) in [5.41, 5.74) is 0.457. The van der Waals surface area contributed by atoms with Crippen molar-refractivity contribution in [2.45, 2.75) is 30.9 Å². The summed E-state index contributed by atoms with van der Waals surface area (Å²) < 4.78 is 19.2. The zero-order valence-corrected chi connectivity index (χ0v) is 6.20. The van der Waals surface area contributed by atoms with Crippen molar-refractivity contribution in [2.75, 3.05) is 0 Å². The van der Waals surface area contributed by atoms with Crippen molar-refractivity contribution < 1.29 is 8.76 Å². The van der Waals surface area contributed by atoms with E-state index in [1.54, 1.807) is 0 Å². The molecule has 3 heteroatoms. The van der Waals surface area contributed by atoms with Crippen molar-refractivity contribution in [2.24, 2.45) is 5.41 Å². The summed E-state index contributed by atoms with van der Waals surface area (Å²) in [5, 5.41) is 0. The van der Waals surface area contributed by atoms with Crippen molar-refractivity contribution in [3.63, 3.8) is 0 Å². The third-order valence-electron chi connectivity index (χ3n) is 2.62. The fourth-order valence-corrected chi connectivity index (χ4v) is 3.78. The largest absolute Gasteiger partial charge is 0.306 e. The third kappa shape index (κ3) is 0.521. The molecule has 0 amide bonds. The Hall–Kier alpha value is 0.110. The van der Waals surface area contributed by atoms with Crippen LogP contribution in [-0.4, -0.2) is 13.5 Å². The number of hydrogen-bond donors (Lipinski definition) is 1. The Bertz CT molecular complexity index is 168. The summed E-state index contributed by atoms with van der Waals surface area (Å²) in [6.45, 7) is 2.18. The van der Waals surface area contributed by atoms with E-state index in [0.29, 0.717) is 5.41 Å². The molecule has 0 aromatic heterocycles. The van der Waals surface area contributed by atoms with Crippen molar-refractivity contribution in [1.29, 1.82) is 0 Å². The first-order valence-corrected chi connectivity index (χ1v) is 4.28. The Balaban J connectivity index is 2.13. The van der Waals surface area contributed by atoms with Gasteiger partial charge in [0.2, 0.25) is 0 Å². The van der Waals surface area contributed by atoms with Gasteiger partial charge in [-0.15, -0.1) is 0 Å². The molecule has 0 aromatic carbocycles. The fraction of sp³-hybridized carbons (Fsp3) is 1.00. The zero-order chi connectivity index (χ0) is 6.70. The van der Waals surface area contributed by atoms with E-state index >= 15 is 0 Å². The van der Waals surface area contributed by atoms with Crippen LogP contribution in [-0.2, 0) is 11.1 Å². The summed E-state index contributed by atoms with van der Waals surface area (Å²) in [5.74, 6) is 0. The first-order valence-electron chi connectivity index (χ1n) is 3.17. The number of rotatable bonds is 1. The van der Waals surface area contributed by atoms with Crippen LogP contribution in [0.5, 0.6) is 0 Å². The predicted molar refractivity (Wildman–Crippen MR) is 35.5 cm³/mol. The predicted octanol–water partition coefficient (Wildman–Crippen LogP) is 1.15. The first kappa shape index (κ1) is 5.86. The summed E-state index contributed by atoms with van der Waals surface area (Å²) in [4.78, 5) is 0. The molecule has 3 aliphatic rings. The lowest BCUT2D eigenvalue weighted by Crippen LogP contribution is -2.67. The molecule has 0 aliphatic heterocycles. The fourth-order valence-electron chi connectivity index (χ4n) is 2.36. The first-order chi connectivity index (χ1) is 4.06. The van der Waals surface area contributed by atoms with Gasteiger partial charge < -0.3 is 4.55 Å². The quantitative estimate of drug-likeness (QED) is 0.563. The third-order valence-corrected chi connectivity index (χ3v) is 3.79. The molecule has 1 N–H and O–H groups in total. The van der Waals surface area contributed by atoms with Gasteiger partial charge in [0.25, 0.3) is 0 Å². The lowest BCUT2D eigenvalue weighted by Gasteiger charge is -2.67. The molecule has 0 spiro atoms. The molecule has 1 unspecified atom stereocenters. The monoisotopic (exact) mass is 146 g/mol. The van der Waals surface area contributed by atoms with Gasteiger partial charge in [0.05, 0.1) is 4.75 Å². The molecule has 0 heterocycles. The highest BCUT2D eigenvalue weighted by Crippen LogP contribution is 2.69. The van der Waals surface area contributed by atoms with E-state index in [1.165, 1.54) is 0 Å². The van der Waals surface area contributed by atoms with E-state index in [2.05, 4.69) is 6.92 Å². The molecule has 3 aliphatic carbocycles. The van der Waals surface area contributed by atoms with Gasteiger partial charge in [-0.25, -0.2) is 4.21 Å². The van der Waals surface area contributed by atoms with Crippen molar-refractivity contribution in [1.82, 2.24) is 0 Å². The minimum atomic E-state index is -1.55. The molecule has 0 radical (unpaired) electrons. The second-order valence-electron chi connectivity index (χ2n) is 3.77. The van der Waals surface area contributed by atoms with Gasteiger partial charge >= 0.3 is 0 Å². The van der Waals surface area contributed by atoms with Gasteiger partial charge in [0, 0.05) is 0 Å². The molecule has 1 atom stereocenters. The number of hydrogen-bond acceptors (Lipinski definition) is 1. The van der Waals surface area contributed by atoms with E-state index in [1.807, 2.05) is 0 Å². The van der Waals surface area contributed by atoms with E-state index < -0.39 is 11.1 Å². The van der Waals surface area contributed by atoms with Crippen molar-refractivity contribution in [3.05, 3.63) is 0 Å². The molecule has 0 saturated heterocycles. The van der Waals surface area contributed by atoms with Crippen LogP contribution in [0, 0.1) is 5.41 Å². The molecule has 52 valence electrons. The molecule has 0 aromatic rings. The summed E-state index contributed by atoms with van der Waals surface area (Å²) >= 11 is -1.55. The SMILES string of the molecule is CC12CC(S(=O)O)(C1)C2. The van der Waals surface area contributed by atoms with Crippen molar-refractivity contribution in [3.8, 4) is 0 Å². The maximum Gasteiger partial charge on any atom is 0.159 e. The van der Waals surface area contributed by atoms with Gasteiger partial charge in [-0.3, -0.25) is 0 Å². The highest BCUT2D eigenvalue weighted by Gasteiger charge is 2.68. The lowest BCUT2D eigenvalue weighted by atomic mass is 9.45. The van der Waals surface area contributed by atoms with Crippen LogP contribution in [0.2, 0.25) is 0 Å². The Labute approximate surface area is 56.9 Å². The van der Waals surface area contributed by atoms with Crippen LogP contribution in [0.3, 0.4) is 0 Å². The Morgan fingerprint density at radius 2 is 1.89 bits per heavy atom. The second-order valence-corrected chi connectivity index (χ2v) is 5.14. The second kappa shape index (κ2) is 1.25. The lowest BCUT2D eigenvalue weighted by molar-refractivity contribution is -0.0630. The zero-order valence-electron chi connectivity index (χ0n) is 5.39. The van der Waals surface area contributed by atoms with E-state index in [-0.39, 0.29) is 4.75 Å². The summed E-state index contributed by atoms with van der Waals surface area (Å²) in [6.07, 6.45) is 2.93.